The van der Waals surface area contributed by atoms with E-state index >= 15 is 0 Å². The normalized spacial score (nSPS) is 10.8. The summed E-state index contributed by atoms with van der Waals surface area (Å²) < 4.78 is 7.75. The average Bonchev–Trinajstić information content (AvgIpc) is 2.92. The average molecular weight is 337 g/mol. The molecule has 0 unspecified atom stereocenters. The van der Waals surface area contributed by atoms with E-state index in [9.17, 15) is 0 Å². The molecule has 0 aliphatic carbocycles. The number of benzene rings is 1. The molecule has 0 aliphatic heterocycles. The van der Waals surface area contributed by atoms with Crippen LogP contribution in [0.15, 0.2) is 42.5 Å². The maximum atomic E-state index is 5.94. The number of aromatic nitrogens is 3. The summed E-state index contributed by atoms with van der Waals surface area (Å²) in [6.45, 7) is 6.42. The van der Waals surface area contributed by atoms with E-state index in [0.717, 1.165) is 34.0 Å². The van der Waals surface area contributed by atoms with Crippen LogP contribution in [-0.2, 0) is 6.61 Å². The molecule has 1 aromatic carbocycles. The van der Waals surface area contributed by atoms with Crippen molar-refractivity contribution in [3.63, 3.8) is 0 Å². The highest BCUT2D eigenvalue weighted by atomic mass is 16.5. The first kappa shape index (κ1) is 17.0. The van der Waals surface area contributed by atoms with Crippen molar-refractivity contribution in [3.05, 3.63) is 65.0 Å². The Bertz CT molecular complexity index is 885. The van der Waals surface area contributed by atoms with Gasteiger partial charge in [0.05, 0.1) is 11.4 Å². The fraction of sp³-hybridized carbons (Fsp3) is 0.263. The maximum Gasteiger partial charge on any atom is 0.215 e. The maximum absolute atomic E-state index is 5.94. The van der Waals surface area contributed by atoms with Gasteiger partial charge in [0.15, 0.2) is 5.82 Å². The van der Waals surface area contributed by atoms with Crippen LogP contribution >= 0.6 is 0 Å². The number of rotatable bonds is 5. The predicted octanol–water partition coefficient (Wildman–Crippen LogP) is 3.08. The quantitative estimate of drug-likeness (QED) is 0.572. The topological polar surface area (TPSA) is 69.2 Å². The Morgan fingerprint density at radius 2 is 1.88 bits per heavy atom. The monoisotopic (exact) mass is 337 g/mol. The number of nitrogens with two attached hydrogens (primary N) is 1. The zero-order valence-electron chi connectivity index (χ0n) is 15.0. The third kappa shape index (κ3) is 3.64. The molecule has 6 heteroatoms. The summed E-state index contributed by atoms with van der Waals surface area (Å²) in [6, 6.07) is 13.7. The number of ether oxygens (including phenoxy) is 1. The molecule has 0 amide bonds. The van der Waals surface area contributed by atoms with Gasteiger partial charge in [0, 0.05) is 24.4 Å². The van der Waals surface area contributed by atoms with E-state index in [1.807, 2.05) is 75.0 Å². The third-order valence-corrected chi connectivity index (χ3v) is 4.07. The highest BCUT2D eigenvalue weighted by Crippen LogP contribution is 2.23. The number of hydrogen-bond donors (Lipinski definition) is 1. The summed E-state index contributed by atoms with van der Waals surface area (Å²) >= 11 is 0. The van der Waals surface area contributed by atoms with Crippen molar-refractivity contribution in [1.29, 1.82) is 0 Å². The minimum absolute atomic E-state index is 0.400. The van der Waals surface area contributed by atoms with E-state index in [-0.39, 0.29) is 0 Å². The molecule has 3 aromatic rings. The molecule has 2 N–H and O–H groups in total. The van der Waals surface area contributed by atoms with Crippen molar-refractivity contribution in [2.24, 2.45) is 5.84 Å². The van der Waals surface area contributed by atoms with Crippen molar-refractivity contribution in [2.45, 2.75) is 27.4 Å². The number of hydrogen-bond acceptors (Lipinski definition) is 5. The lowest BCUT2D eigenvalue weighted by atomic mass is 10.1. The van der Waals surface area contributed by atoms with Gasteiger partial charge >= 0.3 is 0 Å². The van der Waals surface area contributed by atoms with E-state index in [4.69, 9.17) is 10.6 Å². The van der Waals surface area contributed by atoms with Crippen LogP contribution in [0.3, 0.4) is 0 Å². The van der Waals surface area contributed by atoms with Gasteiger partial charge in [-0.25, -0.2) is 10.5 Å². The van der Waals surface area contributed by atoms with Gasteiger partial charge in [-0.1, -0.05) is 18.2 Å². The van der Waals surface area contributed by atoms with E-state index in [0.29, 0.717) is 12.5 Å². The molecule has 2 heterocycles. The molecule has 0 atom stereocenters. The smallest absolute Gasteiger partial charge is 0.215 e. The molecule has 2 aromatic heterocycles. The minimum atomic E-state index is 0.400. The van der Waals surface area contributed by atoms with Crippen LogP contribution in [0.4, 0.5) is 5.69 Å². The Balaban J connectivity index is 1.84. The summed E-state index contributed by atoms with van der Waals surface area (Å²) in [7, 11) is 1.82. The van der Waals surface area contributed by atoms with E-state index < -0.39 is 0 Å². The summed E-state index contributed by atoms with van der Waals surface area (Å²) in [5.74, 6) is 7.22. The molecule has 0 bridgehead atoms. The number of aryl methyl sites for hydroxylation is 3. The summed E-state index contributed by atoms with van der Waals surface area (Å²) in [5, 5.41) is 6.07. The summed E-state index contributed by atoms with van der Waals surface area (Å²) in [4.78, 5) is 4.57. The van der Waals surface area contributed by atoms with Crippen LogP contribution in [0.1, 0.15) is 22.5 Å². The zero-order chi connectivity index (χ0) is 18.0. The number of nitrogens with zero attached hydrogens (tertiary/aromatic N) is 4. The van der Waals surface area contributed by atoms with Gasteiger partial charge in [-0.05, 0) is 44.5 Å². The van der Waals surface area contributed by atoms with Crippen LogP contribution in [0.5, 0.6) is 5.88 Å². The molecule has 25 heavy (non-hydrogen) atoms. The van der Waals surface area contributed by atoms with Crippen molar-refractivity contribution in [3.8, 4) is 11.7 Å². The third-order valence-electron chi connectivity index (χ3n) is 4.07. The molecular weight excluding hydrogens is 314 g/mol. The van der Waals surface area contributed by atoms with E-state index in [1.165, 1.54) is 0 Å². The number of hydrazine groups is 1. The van der Waals surface area contributed by atoms with Gasteiger partial charge in [0.2, 0.25) is 5.88 Å². The molecule has 130 valence electrons. The van der Waals surface area contributed by atoms with Crippen LogP contribution in [0.25, 0.3) is 5.82 Å². The van der Waals surface area contributed by atoms with E-state index in [1.54, 1.807) is 5.01 Å². The summed E-state index contributed by atoms with van der Waals surface area (Å²) in [6.07, 6.45) is 0. The number of pyridine rings is 1. The van der Waals surface area contributed by atoms with Gasteiger partial charge in [-0.2, -0.15) is 10.1 Å². The SMILES string of the molecule is Cc1cc(C)n(-c2cccc(OCc3c(C)cccc3N(C)N)n2)n1. The molecule has 0 spiro atoms. The van der Waals surface area contributed by atoms with Crippen molar-refractivity contribution in [2.75, 3.05) is 12.1 Å². The second kappa shape index (κ2) is 6.94. The molecule has 0 aliphatic rings. The summed E-state index contributed by atoms with van der Waals surface area (Å²) in [5.41, 5.74) is 5.11. The van der Waals surface area contributed by atoms with Gasteiger partial charge in [0.1, 0.15) is 6.61 Å². The lowest BCUT2D eigenvalue weighted by molar-refractivity contribution is 0.293. The van der Waals surface area contributed by atoms with Crippen molar-refractivity contribution in [1.82, 2.24) is 14.8 Å². The Morgan fingerprint density at radius 1 is 1.12 bits per heavy atom. The van der Waals surface area contributed by atoms with Gasteiger partial charge in [-0.3, -0.25) is 0 Å². The Kier molecular flexibility index (Phi) is 4.72. The van der Waals surface area contributed by atoms with Gasteiger partial charge < -0.3 is 9.75 Å². The standard InChI is InChI=1S/C19H23N5O/c1-13-7-5-8-17(23(4)20)16(13)12-25-19-10-6-9-18(21-19)24-15(3)11-14(2)22-24/h5-11H,12,20H2,1-4H3. The van der Waals surface area contributed by atoms with Crippen molar-refractivity contribution < 1.29 is 4.74 Å². The van der Waals surface area contributed by atoms with Gasteiger partial charge in [-0.15, -0.1) is 0 Å². The molecule has 0 saturated carbocycles. The molecule has 0 radical (unpaired) electrons. The van der Waals surface area contributed by atoms with Crippen LogP contribution < -0.4 is 15.6 Å². The fourth-order valence-corrected chi connectivity index (χ4v) is 2.81. The molecule has 6 nitrogen and oxygen atoms in total. The van der Waals surface area contributed by atoms with Crippen LogP contribution in [0.2, 0.25) is 0 Å². The molecule has 0 saturated heterocycles. The zero-order valence-corrected chi connectivity index (χ0v) is 15.0. The minimum Gasteiger partial charge on any atom is -0.473 e. The first-order valence-corrected chi connectivity index (χ1v) is 8.16. The van der Waals surface area contributed by atoms with Gasteiger partial charge in [0.25, 0.3) is 0 Å². The van der Waals surface area contributed by atoms with Crippen molar-refractivity contribution >= 4 is 5.69 Å². The predicted molar refractivity (Wildman–Crippen MR) is 98.9 cm³/mol. The van der Waals surface area contributed by atoms with Crippen LogP contribution in [0, 0.1) is 20.8 Å². The van der Waals surface area contributed by atoms with E-state index in [2.05, 4.69) is 10.1 Å². The second-order valence-electron chi connectivity index (χ2n) is 6.15. The first-order valence-electron chi connectivity index (χ1n) is 8.16. The Morgan fingerprint density at radius 3 is 2.56 bits per heavy atom. The molecule has 0 fully saturated rings. The largest absolute Gasteiger partial charge is 0.473 e. The number of anilines is 1. The highest BCUT2D eigenvalue weighted by Gasteiger charge is 2.10. The fourth-order valence-electron chi connectivity index (χ4n) is 2.81. The first-order chi connectivity index (χ1) is 12.0. The second-order valence-corrected chi connectivity index (χ2v) is 6.15. The Labute approximate surface area is 147 Å². The Hall–Kier alpha value is -2.86. The van der Waals surface area contributed by atoms with Crippen LogP contribution in [-0.4, -0.2) is 21.8 Å². The lowest BCUT2D eigenvalue weighted by Crippen LogP contribution is -2.26. The highest BCUT2D eigenvalue weighted by molar-refractivity contribution is 5.55. The molecule has 3 rings (SSSR count). The molecular formula is C19H23N5O. The lowest BCUT2D eigenvalue weighted by Gasteiger charge is -2.19.